The van der Waals surface area contributed by atoms with Crippen LogP contribution >= 0.6 is 0 Å². The first-order valence-electron chi connectivity index (χ1n) is 12.7. The zero-order valence-corrected chi connectivity index (χ0v) is 20.7. The number of hydrogen-bond donors (Lipinski definition) is 2. The third kappa shape index (κ3) is 8.78. The van der Waals surface area contributed by atoms with Crippen molar-refractivity contribution in [1.29, 1.82) is 0 Å². The van der Waals surface area contributed by atoms with E-state index in [-0.39, 0.29) is 18.7 Å². The maximum absolute atomic E-state index is 12.5. The molecule has 0 bridgehead atoms. The van der Waals surface area contributed by atoms with E-state index in [0.717, 1.165) is 42.7 Å². The van der Waals surface area contributed by atoms with Gasteiger partial charge in [0.05, 0.1) is 12.2 Å². The molecular formula is C29H38N2O4. The molecule has 2 aromatic rings. The van der Waals surface area contributed by atoms with Crippen molar-refractivity contribution in [3.8, 4) is 0 Å². The van der Waals surface area contributed by atoms with Gasteiger partial charge >= 0.3 is 11.9 Å². The number of unbranched alkanes of at least 4 members (excludes halogenated alkanes) is 2. The molecule has 3 rings (SSSR count). The van der Waals surface area contributed by atoms with Crippen molar-refractivity contribution in [1.82, 2.24) is 0 Å². The highest BCUT2D eigenvalue weighted by Gasteiger charge is 2.24. The number of nitrogen functional groups attached to an aromatic ring is 2. The normalized spacial score (nSPS) is 17.9. The minimum Gasteiger partial charge on any atom is -0.462 e. The Balaban J connectivity index is 1.38. The van der Waals surface area contributed by atoms with E-state index in [9.17, 15) is 9.59 Å². The lowest BCUT2D eigenvalue weighted by atomic mass is 9.84. The number of benzene rings is 2. The van der Waals surface area contributed by atoms with Crippen LogP contribution in [0.25, 0.3) is 6.08 Å². The smallest absolute Gasteiger partial charge is 0.338 e. The molecule has 6 heteroatoms. The molecule has 0 saturated heterocycles. The van der Waals surface area contributed by atoms with Crippen molar-refractivity contribution >= 4 is 29.4 Å². The highest BCUT2D eigenvalue weighted by Crippen LogP contribution is 2.30. The van der Waals surface area contributed by atoms with Crippen LogP contribution in [-0.4, -0.2) is 24.6 Å². The summed E-state index contributed by atoms with van der Waals surface area (Å²) in [5.74, 6) is 0.0641. The van der Waals surface area contributed by atoms with Crippen LogP contribution in [0, 0.1) is 5.92 Å². The number of hydrogen-bond acceptors (Lipinski definition) is 6. The number of esters is 2. The number of carbonyl (C=O) groups excluding carboxylic acids is 2. The predicted octanol–water partition coefficient (Wildman–Crippen LogP) is 5.95. The molecule has 188 valence electrons. The van der Waals surface area contributed by atoms with Crippen LogP contribution in [0.1, 0.15) is 79.8 Å². The second-order valence-corrected chi connectivity index (χ2v) is 9.37. The van der Waals surface area contributed by atoms with Crippen LogP contribution in [0.2, 0.25) is 0 Å². The van der Waals surface area contributed by atoms with E-state index in [4.69, 9.17) is 20.9 Å². The fourth-order valence-corrected chi connectivity index (χ4v) is 4.49. The summed E-state index contributed by atoms with van der Waals surface area (Å²) in [6.45, 7) is 2.46. The molecule has 2 aromatic carbocycles. The average Bonchev–Trinajstić information content (AvgIpc) is 2.85. The first kappa shape index (κ1) is 26.3. The molecular weight excluding hydrogens is 440 g/mol. The Kier molecular flexibility index (Phi) is 10.2. The van der Waals surface area contributed by atoms with Crippen LogP contribution < -0.4 is 11.5 Å². The minimum absolute atomic E-state index is 0.0165. The van der Waals surface area contributed by atoms with Crippen molar-refractivity contribution in [2.45, 2.75) is 70.8 Å². The van der Waals surface area contributed by atoms with Gasteiger partial charge in [0.1, 0.15) is 6.10 Å². The van der Waals surface area contributed by atoms with Crippen LogP contribution in [0.15, 0.2) is 48.5 Å². The van der Waals surface area contributed by atoms with Crippen LogP contribution in [-0.2, 0) is 20.7 Å². The molecule has 1 fully saturated rings. The largest absolute Gasteiger partial charge is 0.462 e. The van der Waals surface area contributed by atoms with Gasteiger partial charge in [-0.25, -0.2) is 9.59 Å². The molecule has 6 nitrogen and oxygen atoms in total. The molecule has 4 N–H and O–H groups in total. The fourth-order valence-electron chi connectivity index (χ4n) is 4.49. The molecule has 0 amide bonds. The van der Waals surface area contributed by atoms with Gasteiger partial charge in [-0.15, -0.1) is 0 Å². The molecule has 0 aromatic heterocycles. The molecule has 0 heterocycles. The Morgan fingerprint density at radius 2 is 1.74 bits per heavy atom. The van der Waals surface area contributed by atoms with E-state index in [2.05, 4.69) is 6.92 Å². The first-order valence-corrected chi connectivity index (χ1v) is 12.7. The Hall–Kier alpha value is -3.28. The highest BCUT2D eigenvalue weighted by molar-refractivity contribution is 5.90. The number of carbonyl (C=O) groups is 2. The van der Waals surface area contributed by atoms with E-state index in [1.165, 1.54) is 31.8 Å². The molecule has 0 aliphatic heterocycles. The summed E-state index contributed by atoms with van der Waals surface area (Å²) in [7, 11) is 0. The van der Waals surface area contributed by atoms with Gasteiger partial charge < -0.3 is 20.9 Å². The van der Waals surface area contributed by atoms with Gasteiger partial charge in [-0.1, -0.05) is 50.8 Å². The van der Waals surface area contributed by atoms with Crippen LogP contribution in [0.3, 0.4) is 0 Å². The summed E-state index contributed by atoms with van der Waals surface area (Å²) < 4.78 is 11.0. The first-order chi connectivity index (χ1) is 16.9. The third-order valence-corrected chi connectivity index (χ3v) is 6.63. The summed E-state index contributed by atoms with van der Waals surface area (Å²) in [5, 5.41) is 0. The Morgan fingerprint density at radius 3 is 2.43 bits per heavy atom. The quantitative estimate of drug-likeness (QED) is 0.179. The van der Waals surface area contributed by atoms with Crippen LogP contribution in [0.5, 0.6) is 0 Å². The van der Waals surface area contributed by atoms with Gasteiger partial charge in [0, 0.05) is 23.9 Å². The maximum atomic E-state index is 12.5. The van der Waals surface area contributed by atoms with Gasteiger partial charge in [0.25, 0.3) is 0 Å². The standard InChI is InChI=1S/C29H38N2O4/c1-2-3-4-5-21-8-15-26(16-9-21)35-29(33)24-11-6-22(7-12-24)10-17-28(32)34-19-18-23-13-14-25(30)20-27(23)31/h6-7,10-14,17,20-21,26H,2-5,8-9,15-16,18-19,30-31H2,1H3/b17-10+. The second-order valence-electron chi connectivity index (χ2n) is 9.37. The zero-order valence-electron chi connectivity index (χ0n) is 20.7. The second kappa shape index (κ2) is 13.6. The van der Waals surface area contributed by atoms with E-state index in [1.54, 1.807) is 42.5 Å². The lowest BCUT2D eigenvalue weighted by molar-refractivity contribution is -0.137. The predicted molar refractivity (Wildman–Crippen MR) is 141 cm³/mol. The van der Waals surface area contributed by atoms with Crippen molar-refractivity contribution in [3.05, 3.63) is 65.2 Å². The summed E-state index contributed by atoms with van der Waals surface area (Å²) in [4.78, 5) is 24.5. The van der Waals surface area contributed by atoms with Crippen LogP contribution in [0.4, 0.5) is 11.4 Å². The summed E-state index contributed by atoms with van der Waals surface area (Å²) in [5.41, 5.74) is 15.0. The van der Waals surface area contributed by atoms with Gasteiger partial charge in [-0.2, -0.15) is 0 Å². The van der Waals surface area contributed by atoms with Gasteiger partial charge in [-0.3, -0.25) is 0 Å². The maximum Gasteiger partial charge on any atom is 0.338 e. The van der Waals surface area contributed by atoms with E-state index in [1.807, 2.05) is 6.07 Å². The SMILES string of the molecule is CCCCCC1CCC(OC(=O)c2ccc(/C=C/C(=O)OCCc3ccc(N)cc3N)cc2)CC1. The summed E-state index contributed by atoms with van der Waals surface area (Å²) >= 11 is 0. The molecule has 1 aliphatic carbocycles. The lowest BCUT2D eigenvalue weighted by Gasteiger charge is -2.28. The van der Waals surface area contributed by atoms with Crippen molar-refractivity contribution in [2.24, 2.45) is 5.92 Å². The van der Waals surface area contributed by atoms with E-state index in [0.29, 0.717) is 23.4 Å². The molecule has 0 unspecified atom stereocenters. The van der Waals surface area contributed by atoms with Crippen molar-refractivity contribution in [2.75, 3.05) is 18.1 Å². The average molecular weight is 479 g/mol. The molecule has 0 radical (unpaired) electrons. The van der Waals surface area contributed by atoms with Crippen molar-refractivity contribution in [3.63, 3.8) is 0 Å². The number of rotatable bonds is 11. The Morgan fingerprint density at radius 1 is 1.00 bits per heavy atom. The molecule has 1 aliphatic rings. The highest BCUT2D eigenvalue weighted by atomic mass is 16.5. The molecule has 35 heavy (non-hydrogen) atoms. The monoisotopic (exact) mass is 478 g/mol. The van der Waals surface area contributed by atoms with Gasteiger partial charge in [0.2, 0.25) is 0 Å². The van der Waals surface area contributed by atoms with Gasteiger partial charge in [-0.05, 0) is 73.1 Å². The van der Waals surface area contributed by atoms with Crippen molar-refractivity contribution < 1.29 is 19.1 Å². The molecule has 0 spiro atoms. The third-order valence-electron chi connectivity index (χ3n) is 6.63. The lowest BCUT2D eigenvalue weighted by Crippen LogP contribution is -2.24. The fraction of sp³-hybridized carbons (Fsp3) is 0.448. The summed E-state index contributed by atoms with van der Waals surface area (Å²) in [6.07, 6.45) is 12.9. The molecule has 1 saturated carbocycles. The van der Waals surface area contributed by atoms with E-state index < -0.39 is 5.97 Å². The molecule has 0 atom stereocenters. The summed E-state index contributed by atoms with van der Waals surface area (Å²) in [6, 6.07) is 12.3. The topological polar surface area (TPSA) is 105 Å². The van der Waals surface area contributed by atoms with Gasteiger partial charge in [0.15, 0.2) is 0 Å². The Labute approximate surface area is 208 Å². The Bertz CT molecular complexity index is 992. The van der Waals surface area contributed by atoms with E-state index >= 15 is 0 Å². The number of ether oxygens (including phenoxy) is 2. The minimum atomic E-state index is -0.437. The zero-order chi connectivity index (χ0) is 25.0. The number of nitrogens with two attached hydrogens (primary N) is 2. The number of anilines is 2.